The Bertz CT molecular complexity index is 1100. The zero-order chi connectivity index (χ0) is 19.4. The van der Waals surface area contributed by atoms with E-state index in [2.05, 4.69) is 6.92 Å². The first kappa shape index (κ1) is 18.1. The lowest BCUT2D eigenvalue weighted by atomic mass is 10.0. The second-order valence-corrected chi connectivity index (χ2v) is 10.0. The Hall–Kier alpha value is -1.99. The molecule has 2 aliphatic rings. The Labute approximate surface area is 171 Å². The minimum Gasteiger partial charge on any atom is -0.338 e. The molecule has 28 heavy (non-hydrogen) atoms. The number of hydrogen-bond donors (Lipinski definition) is 0. The molecular formula is C21H23N3O2S2. The molecule has 1 amide bonds. The van der Waals surface area contributed by atoms with Crippen LogP contribution in [-0.4, -0.2) is 33.4 Å². The molecule has 5 rings (SSSR count). The number of piperidine rings is 1. The van der Waals surface area contributed by atoms with Gasteiger partial charge >= 0.3 is 0 Å². The summed E-state index contributed by atoms with van der Waals surface area (Å²) in [5, 5.41) is 2.73. The van der Waals surface area contributed by atoms with Crippen molar-refractivity contribution in [2.24, 2.45) is 0 Å². The van der Waals surface area contributed by atoms with Crippen molar-refractivity contribution in [1.29, 1.82) is 0 Å². The molecule has 0 atom stereocenters. The largest absolute Gasteiger partial charge is 0.338 e. The predicted molar refractivity (Wildman–Crippen MR) is 114 cm³/mol. The molecule has 0 aromatic carbocycles. The van der Waals surface area contributed by atoms with E-state index in [-0.39, 0.29) is 17.5 Å². The maximum absolute atomic E-state index is 13.5. The van der Waals surface area contributed by atoms with Crippen LogP contribution in [0.25, 0.3) is 10.2 Å². The van der Waals surface area contributed by atoms with Crippen LogP contribution in [0.15, 0.2) is 22.3 Å². The minimum atomic E-state index is 0.112. The van der Waals surface area contributed by atoms with Crippen molar-refractivity contribution in [1.82, 2.24) is 14.5 Å². The highest BCUT2D eigenvalue weighted by molar-refractivity contribution is 7.18. The van der Waals surface area contributed by atoms with Crippen LogP contribution in [0.2, 0.25) is 0 Å². The molecule has 3 aromatic heterocycles. The van der Waals surface area contributed by atoms with Crippen molar-refractivity contribution in [3.8, 4) is 0 Å². The molecule has 5 nitrogen and oxygen atoms in total. The van der Waals surface area contributed by atoms with Gasteiger partial charge in [0.2, 0.25) is 0 Å². The lowest BCUT2D eigenvalue weighted by Crippen LogP contribution is -2.41. The smallest absolute Gasteiger partial charge is 0.263 e. The molecule has 0 N–H and O–H groups in total. The fraction of sp³-hybridized carbons (Fsp3) is 0.476. The maximum atomic E-state index is 13.5. The van der Waals surface area contributed by atoms with E-state index in [0.29, 0.717) is 19.0 Å². The van der Waals surface area contributed by atoms with Gasteiger partial charge in [-0.25, -0.2) is 4.98 Å². The first-order valence-corrected chi connectivity index (χ1v) is 11.6. The lowest BCUT2D eigenvalue weighted by Gasteiger charge is -2.33. The molecule has 1 aliphatic heterocycles. The first-order valence-electron chi connectivity index (χ1n) is 9.89. The molecular weight excluding hydrogens is 390 g/mol. The molecule has 146 valence electrons. The maximum Gasteiger partial charge on any atom is 0.263 e. The van der Waals surface area contributed by atoms with Crippen LogP contribution in [0.3, 0.4) is 0 Å². The van der Waals surface area contributed by atoms with E-state index < -0.39 is 0 Å². The molecule has 1 aliphatic carbocycles. The molecule has 3 aromatic rings. The Morgan fingerprint density at radius 2 is 1.93 bits per heavy atom. The van der Waals surface area contributed by atoms with Gasteiger partial charge in [0.1, 0.15) is 10.7 Å². The fourth-order valence-corrected chi connectivity index (χ4v) is 5.91. The summed E-state index contributed by atoms with van der Waals surface area (Å²) in [6.07, 6.45) is 3.87. The normalized spacial score (nSPS) is 18.1. The number of nitrogens with zero attached hydrogens (tertiary/aromatic N) is 3. The van der Waals surface area contributed by atoms with Gasteiger partial charge < -0.3 is 4.90 Å². The summed E-state index contributed by atoms with van der Waals surface area (Å²) in [5.41, 5.74) is 1.19. The van der Waals surface area contributed by atoms with E-state index in [0.717, 1.165) is 52.2 Å². The zero-order valence-electron chi connectivity index (χ0n) is 16.1. The Kier molecular flexibility index (Phi) is 4.39. The molecule has 2 fully saturated rings. The van der Waals surface area contributed by atoms with Gasteiger partial charge in [-0.3, -0.25) is 14.2 Å². The average molecular weight is 414 g/mol. The third-order valence-corrected chi connectivity index (χ3v) is 8.01. The summed E-state index contributed by atoms with van der Waals surface area (Å²) in [4.78, 5) is 35.8. The van der Waals surface area contributed by atoms with Crippen LogP contribution in [-0.2, 0) is 0 Å². The van der Waals surface area contributed by atoms with Gasteiger partial charge in [0.05, 0.1) is 10.3 Å². The number of thiophene rings is 2. The van der Waals surface area contributed by atoms with Gasteiger partial charge in [-0.2, -0.15) is 0 Å². The number of hydrogen-bond acceptors (Lipinski definition) is 5. The Balaban J connectivity index is 1.47. The van der Waals surface area contributed by atoms with Crippen LogP contribution in [0, 0.1) is 13.8 Å². The fourth-order valence-electron chi connectivity index (χ4n) is 4.19. The quantitative estimate of drug-likeness (QED) is 0.636. The third kappa shape index (κ3) is 2.92. The molecule has 0 spiro atoms. The van der Waals surface area contributed by atoms with E-state index in [1.54, 1.807) is 11.3 Å². The van der Waals surface area contributed by atoms with Gasteiger partial charge in [-0.1, -0.05) is 6.07 Å². The molecule has 0 radical (unpaired) electrons. The van der Waals surface area contributed by atoms with Crippen molar-refractivity contribution < 1.29 is 4.79 Å². The van der Waals surface area contributed by atoms with Gasteiger partial charge in [0.15, 0.2) is 0 Å². The molecule has 0 bridgehead atoms. The van der Waals surface area contributed by atoms with Crippen molar-refractivity contribution >= 4 is 38.8 Å². The summed E-state index contributed by atoms with van der Waals surface area (Å²) in [6, 6.07) is 3.93. The van der Waals surface area contributed by atoms with E-state index in [4.69, 9.17) is 4.98 Å². The number of amides is 1. The predicted octanol–water partition coefficient (Wildman–Crippen LogP) is 4.49. The highest BCUT2D eigenvalue weighted by Crippen LogP contribution is 2.41. The molecule has 1 saturated heterocycles. The third-order valence-electron chi connectivity index (χ3n) is 6.05. The van der Waals surface area contributed by atoms with Crippen LogP contribution in [0.4, 0.5) is 0 Å². The van der Waals surface area contributed by atoms with Gasteiger partial charge in [-0.15, -0.1) is 22.7 Å². The summed E-state index contributed by atoms with van der Waals surface area (Å²) in [7, 11) is 0. The number of carbonyl (C=O) groups excluding carboxylic acids is 1. The Morgan fingerprint density at radius 3 is 2.57 bits per heavy atom. The van der Waals surface area contributed by atoms with Gasteiger partial charge in [-0.05, 0) is 56.5 Å². The number of aryl methyl sites for hydroxylation is 2. The SMILES string of the molecule is Cc1sc2nc(C3CC3)n(C3CCN(C(=O)c4cccs4)CC3)c(=O)c2c1C. The number of rotatable bonds is 3. The van der Waals surface area contributed by atoms with E-state index in [1.165, 1.54) is 16.2 Å². The highest BCUT2D eigenvalue weighted by Gasteiger charge is 2.34. The number of carbonyl (C=O) groups is 1. The topological polar surface area (TPSA) is 55.2 Å². The molecule has 0 unspecified atom stereocenters. The second-order valence-electron chi connectivity index (χ2n) is 7.88. The summed E-state index contributed by atoms with van der Waals surface area (Å²) >= 11 is 3.12. The van der Waals surface area contributed by atoms with Gasteiger partial charge in [0, 0.05) is 29.9 Å². The van der Waals surface area contributed by atoms with Crippen molar-refractivity contribution in [2.75, 3.05) is 13.1 Å². The lowest BCUT2D eigenvalue weighted by molar-refractivity contribution is 0.0697. The zero-order valence-corrected chi connectivity index (χ0v) is 17.7. The van der Waals surface area contributed by atoms with Crippen molar-refractivity contribution in [2.45, 2.75) is 51.5 Å². The van der Waals surface area contributed by atoms with Crippen LogP contribution in [0.1, 0.15) is 63.6 Å². The van der Waals surface area contributed by atoms with E-state index in [1.807, 2.05) is 33.9 Å². The van der Waals surface area contributed by atoms with E-state index >= 15 is 0 Å². The first-order chi connectivity index (χ1) is 13.5. The standard InChI is InChI=1S/C21H23N3O2S2/c1-12-13(2)28-19-17(12)21(26)24(18(22-19)14-5-6-14)15-7-9-23(10-8-15)20(25)16-4-3-11-27-16/h3-4,11,14-15H,5-10H2,1-2H3. The van der Waals surface area contributed by atoms with Crippen LogP contribution >= 0.6 is 22.7 Å². The van der Waals surface area contributed by atoms with Crippen LogP contribution < -0.4 is 5.56 Å². The highest BCUT2D eigenvalue weighted by atomic mass is 32.1. The number of fused-ring (bicyclic) bond motifs is 1. The average Bonchev–Trinajstić information content (AvgIpc) is 3.31. The monoisotopic (exact) mass is 413 g/mol. The molecule has 4 heterocycles. The summed E-state index contributed by atoms with van der Waals surface area (Å²) in [6.45, 7) is 5.48. The second kappa shape index (κ2) is 6.81. The number of aromatic nitrogens is 2. The minimum absolute atomic E-state index is 0.112. The molecule has 1 saturated carbocycles. The number of likely N-dealkylation sites (tertiary alicyclic amines) is 1. The van der Waals surface area contributed by atoms with E-state index in [9.17, 15) is 9.59 Å². The Morgan fingerprint density at radius 1 is 1.18 bits per heavy atom. The van der Waals surface area contributed by atoms with Crippen molar-refractivity contribution in [3.05, 3.63) is 49.0 Å². The van der Waals surface area contributed by atoms with Gasteiger partial charge in [0.25, 0.3) is 11.5 Å². The van der Waals surface area contributed by atoms with Crippen molar-refractivity contribution in [3.63, 3.8) is 0 Å². The summed E-state index contributed by atoms with van der Waals surface area (Å²) in [5.74, 6) is 1.51. The molecule has 7 heteroatoms. The van der Waals surface area contributed by atoms with Crippen LogP contribution in [0.5, 0.6) is 0 Å². The summed E-state index contributed by atoms with van der Waals surface area (Å²) < 4.78 is 1.99.